The van der Waals surface area contributed by atoms with Crippen LogP contribution in [0.2, 0.25) is 0 Å². The highest BCUT2D eigenvalue weighted by Gasteiger charge is 2.15. The molecule has 23 heavy (non-hydrogen) atoms. The van der Waals surface area contributed by atoms with Crippen LogP contribution in [0.3, 0.4) is 0 Å². The largest absolute Gasteiger partial charge is 0.404 e. The molecule has 0 fully saturated rings. The molecule has 0 aliphatic carbocycles. The van der Waals surface area contributed by atoms with Gasteiger partial charge in [0.2, 0.25) is 5.89 Å². The summed E-state index contributed by atoms with van der Waals surface area (Å²) in [5.41, 5.74) is 7.57. The molecule has 114 valence electrons. The van der Waals surface area contributed by atoms with Crippen LogP contribution >= 0.6 is 0 Å². The molecule has 0 amide bonds. The Kier molecular flexibility index (Phi) is 2.87. The third kappa shape index (κ3) is 2.13. The molecule has 2 aromatic heterocycles. The average molecular weight is 312 g/mol. The van der Waals surface area contributed by atoms with Crippen LogP contribution in [0.4, 0.5) is 14.8 Å². The lowest BCUT2D eigenvalue weighted by atomic mass is 10.0. The first-order chi connectivity index (χ1) is 11.1. The predicted octanol–water partition coefficient (Wildman–Crippen LogP) is 3.75. The van der Waals surface area contributed by atoms with Crippen molar-refractivity contribution < 1.29 is 13.2 Å². The standard InChI is InChI=1S/C16H10F2N4O/c17-12-3-1-2-9(14(12)18)11-7-20-13-5-4-8(6-10(11)13)15-21-22-16(19)23-15/h1-7,20H,(H2,19,22). The fraction of sp³-hybridized carbons (Fsp3) is 0. The number of fused-ring (bicyclic) bond motifs is 1. The minimum atomic E-state index is -0.891. The van der Waals surface area contributed by atoms with Crippen molar-refractivity contribution in [3.8, 4) is 22.6 Å². The van der Waals surface area contributed by atoms with Crippen molar-refractivity contribution in [2.45, 2.75) is 0 Å². The SMILES string of the molecule is Nc1nnc(-c2ccc3[nH]cc(-c4cccc(F)c4F)c3c2)o1. The molecule has 2 aromatic carbocycles. The number of halogens is 2. The maximum Gasteiger partial charge on any atom is 0.313 e. The second-order valence-corrected chi connectivity index (χ2v) is 5.01. The molecular weight excluding hydrogens is 302 g/mol. The fourth-order valence-corrected chi connectivity index (χ4v) is 2.54. The van der Waals surface area contributed by atoms with Crippen LogP contribution in [0.15, 0.2) is 47.0 Å². The summed E-state index contributed by atoms with van der Waals surface area (Å²) >= 11 is 0. The Bertz CT molecular complexity index is 1020. The van der Waals surface area contributed by atoms with Crippen molar-refractivity contribution in [1.29, 1.82) is 0 Å². The molecule has 0 aliphatic rings. The normalized spacial score (nSPS) is 11.2. The van der Waals surface area contributed by atoms with Crippen molar-refractivity contribution in [2.24, 2.45) is 0 Å². The van der Waals surface area contributed by atoms with Crippen molar-refractivity contribution in [1.82, 2.24) is 15.2 Å². The maximum atomic E-state index is 14.1. The van der Waals surface area contributed by atoms with Crippen molar-refractivity contribution in [3.05, 3.63) is 54.2 Å². The van der Waals surface area contributed by atoms with Gasteiger partial charge in [-0.3, -0.25) is 0 Å². The van der Waals surface area contributed by atoms with Gasteiger partial charge >= 0.3 is 6.01 Å². The van der Waals surface area contributed by atoms with E-state index in [2.05, 4.69) is 15.2 Å². The van der Waals surface area contributed by atoms with Crippen LogP contribution in [0.1, 0.15) is 0 Å². The van der Waals surface area contributed by atoms with Crippen molar-refractivity contribution >= 4 is 16.9 Å². The van der Waals surface area contributed by atoms with E-state index >= 15 is 0 Å². The number of aromatic amines is 1. The first-order valence-electron chi connectivity index (χ1n) is 6.78. The van der Waals surface area contributed by atoms with Crippen molar-refractivity contribution in [3.63, 3.8) is 0 Å². The van der Waals surface area contributed by atoms with Gasteiger partial charge in [0.25, 0.3) is 0 Å². The lowest BCUT2D eigenvalue weighted by Gasteiger charge is -2.03. The van der Waals surface area contributed by atoms with E-state index in [9.17, 15) is 8.78 Å². The third-order valence-electron chi connectivity index (χ3n) is 3.61. The van der Waals surface area contributed by atoms with Crippen LogP contribution in [0.5, 0.6) is 0 Å². The van der Waals surface area contributed by atoms with E-state index in [1.807, 2.05) is 0 Å². The second-order valence-electron chi connectivity index (χ2n) is 5.01. The summed E-state index contributed by atoms with van der Waals surface area (Å²) in [6, 6.07) is 9.38. The number of nitrogens with one attached hydrogen (secondary N) is 1. The number of aromatic nitrogens is 3. The fourth-order valence-electron chi connectivity index (χ4n) is 2.54. The number of nitrogens with two attached hydrogens (primary N) is 1. The van der Waals surface area contributed by atoms with Crippen LogP contribution in [-0.2, 0) is 0 Å². The zero-order valence-corrected chi connectivity index (χ0v) is 11.7. The second kappa shape index (κ2) is 4.91. The molecule has 4 rings (SSSR count). The topological polar surface area (TPSA) is 80.7 Å². The number of nitrogens with zero attached hydrogens (tertiary/aromatic N) is 2. The third-order valence-corrected chi connectivity index (χ3v) is 3.61. The van der Waals surface area contributed by atoms with E-state index in [1.54, 1.807) is 24.4 Å². The van der Waals surface area contributed by atoms with Crippen LogP contribution in [0, 0.1) is 11.6 Å². The lowest BCUT2D eigenvalue weighted by molar-refractivity contribution is 0.511. The summed E-state index contributed by atoms with van der Waals surface area (Å²) in [5, 5.41) is 8.15. The molecule has 0 spiro atoms. The van der Waals surface area contributed by atoms with Gasteiger partial charge in [-0.1, -0.05) is 17.2 Å². The summed E-state index contributed by atoms with van der Waals surface area (Å²) in [5.74, 6) is -1.52. The van der Waals surface area contributed by atoms with Gasteiger partial charge < -0.3 is 15.1 Å². The first kappa shape index (κ1) is 13.4. The van der Waals surface area contributed by atoms with Gasteiger partial charge in [0, 0.05) is 33.8 Å². The number of rotatable bonds is 2. The van der Waals surface area contributed by atoms with E-state index in [0.717, 1.165) is 11.6 Å². The summed E-state index contributed by atoms with van der Waals surface area (Å²) in [7, 11) is 0. The molecule has 2 heterocycles. The van der Waals surface area contributed by atoms with E-state index in [-0.39, 0.29) is 17.5 Å². The zero-order valence-electron chi connectivity index (χ0n) is 11.7. The Morgan fingerprint density at radius 2 is 1.91 bits per heavy atom. The average Bonchev–Trinajstić information content (AvgIpc) is 3.16. The summed E-state index contributed by atoms with van der Waals surface area (Å²) < 4.78 is 32.8. The number of nitrogen functional groups attached to an aromatic ring is 1. The minimum Gasteiger partial charge on any atom is -0.404 e. The molecule has 0 aliphatic heterocycles. The Morgan fingerprint density at radius 1 is 1.04 bits per heavy atom. The number of anilines is 1. The monoisotopic (exact) mass is 312 g/mol. The van der Waals surface area contributed by atoms with E-state index in [1.165, 1.54) is 12.1 Å². The van der Waals surface area contributed by atoms with Gasteiger partial charge in [0.15, 0.2) is 11.6 Å². The van der Waals surface area contributed by atoms with Gasteiger partial charge in [-0.05, 0) is 24.3 Å². The smallest absolute Gasteiger partial charge is 0.313 e. The lowest BCUT2D eigenvalue weighted by Crippen LogP contribution is -1.88. The highest BCUT2D eigenvalue weighted by atomic mass is 19.2. The molecule has 3 N–H and O–H groups in total. The molecule has 0 atom stereocenters. The highest BCUT2D eigenvalue weighted by molar-refractivity contribution is 5.97. The van der Waals surface area contributed by atoms with Crippen molar-refractivity contribution in [2.75, 3.05) is 5.73 Å². The zero-order chi connectivity index (χ0) is 16.0. The number of hydrogen-bond acceptors (Lipinski definition) is 4. The minimum absolute atomic E-state index is 0.0365. The van der Waals surface area contributed by atoms with Gasteiger partial charge in [-0.2, -0.15) is 0 Å². The quantitative estimate of drug-likeness (QED) is 0.591. The number of benzene rings is 2. The van der Waals surface area contributed by atoms with Crippen LogP contribution in [-0.4, -0.2) is 15.2 Å². The molecule has 0 saturated carbocycles. The maximum absolute atomic E-state index is 14.1. The summed E-state index contributed by atoms with van der Waals surface area (Å²) in [6.45, 7) is 0. The van der Waals surface area contributed by atoms with Crippen LogP contribution in [0.25, 0.3) is 33.5 Å². The molecular formula is C16H10F2N4O. The van der Waals surface area contributed by atoms with Gasteiger partial charge in [-0.25, -0.2) is 8.78 Å². The molecule has 0 bridgehead atoms. The first-order valence-corrected chi connectivity index (χ1v) is 6.78. The Labute approximate surface area is 128 Å². The Balaban J connectivity index is 1.93. The molecule has 0 saturated heterocycles. The van der Waals surface area contributed by atoms with E-state index in [4.69, 9.17) is 10.2 Å². The predicted molar refractivity (Wildman–Crippen MR) is 81.4 cm³/mol. The summed E-state index contributed by atoms with van der Waals surface area (Å²) in [4.78, 5) is 3.04. The molecule has 0 radical (unpaired) electrons. The number of H-pyrrole nitrogens is 1. The van der Waals surface area contributed by atoms with E-state index in [0.29, 0.717) is 16.5 Å². The van der Waals surface area contributed by atoms with Gasteiger partial charge in [0.05, 0.1) is 0 Å². The number of hydrogen-bond donors (Lipinski definition) is 2. The Hall–Kier alpha value is -3.22. The highest BCUT2D eigenvalue weighted by Crippen LogP contribution is 2.33. The van der Waals surface area contributed by atoms with Crippen LogP contribution < -0.4 is 5.73 Å². The van der Waals surface area contributed by atoms with Gasteiger partial charge in [0.1, 0.15) is 0 Å². The van der Waals surface area contributed by atoms with E-state index < -0.39 is 11.6 Å². The summed E-state index contributed by atoms with van der Waals surface area (Å²) in [6.07, 6.45) is 1.63. The molecule has 4 aromatic rings. The Morgan fingerprint density at radius 3 is 2.70 bits per heavy atom. The van der Waals surface area contributed by atoms with Gasteiger partial charge in [-0.15, -0.1) is 5.10 Å². The molecule has 7 heteroatoms. The molecule has 5 nitrogen and oxygen atoms in total. The molecule has 0 unspecified atom stereocenters.